The summed E-state index contributed by atoms with van der Waals surface area (Å²) in [6.07, 6.45) is 0.888. The molecular weight excluding hydrogens is 165 g/mol. The topological polar surface area (TPSA) is 26.0 Å². The van der Waals surface area contributed by atoms with Crippen molar-refractivity contribution in [3.8, 4) is 0 Å². The fourth-order valence-electron chi connectivity index (χ4n) is 1.30. The fourth-order valence-corrected chi connectivity index (χ4v) is 1.30. The first-order chi connectivity index (χ1) is 6.20. The van der Waals surface area contributed by atoms with Crippen molar-refractivity contribution >= 4 is 0 Å². The van der Waals surface area contributed by atoms with E-state index in [0.29, 0.717) is 12.8 Å². The summed E-state index contributed by atoms with van der Waals surface area (Å²) in [7, 11) is 0. The number of benzene rings is 1. The van der Waals surface area contributed by atoms with E-state index in [2.05, 4.69) is 0 Å². The summed E-state index contributed by atoms with van der Waals surface area (Å²) in [4.78, 5) is 0. The van der Waals surface area contributed by atoms with Gasteiger partial charge < -0.3 is 5.73 Å². The second-order valence-electron chi connectivity index (χ2n) is 3.37. The fraction of sp³-hybridized carbons (Fsp3) is 0.455. The maximum Gasteiger partial charge on any atom is 0.126 e. The van der Waals surface area contributed by atoms with Crippen LogP contribution in [0.5, 0.6) is 0 Å². The van der Waals surface area contributed by atoms with E-state index in [1.54, 1.807) is 0 Å². The average Bonchev–Trinajstić information content (AvgIpc) is 2.19. The molecule has 0 radical (unpaired) electrons. The van der Waals surface area contributed by atoms with Crippen molar-refractivity contribution in [2.75, 3.05) is 6.54 Å². The second-order valence-corrected chi connectivity index (χ2v) is 3.37. The Morgan fingerprint density at radius 1 is 1.31 bits per heavy atom. The first-order valence-corrected chi connectivity index (χ1v) is 4.63. The van der Waals surface area contributed by atoms with E-state index in [-0.39, 0.29) is 6.54 Å². The largest absolute Gasteiger partial charge is 0.328 e. The van der Waals surface area contributed by atoms with Gasteiger partial charge in [-0.1, -0.05) is 37.3 Å². The quantitative estimate of drug-likeness (QED) is 0.757. The molecule has 1 nitrogen and oxygen atoms in total. The maximum atomic E-state index is 13.8. The second kappa shape index (κ2) is 4.38. The van der Waals surface area contributed by atoms with Crippen molar-refractivity contribution in [1.82, 2.24) is 0 Å². The summed E-state index contributed by atoms with van der Waals surface area (Å²) in [6.45, 7) is 1.92. The van der Waals surface area contributed by atoms with Gasteiger partial charge in [0.05, 0.1) is 0 Å². The normalized spacial score (nSPS) is 15.3. The first kappa shape index (κ1) is 10.2. The van der Waals surface area contributed by atoms with Gasteiger partial charge in [-0.05, 0) is 12.0 Å². The van der Waals surface area contributed by atoms with Crippen LogP contribution in [0.1, 0.15) is 18.9 Å². The van der Waals surface area contributed by atoms with Crippen LogP contribution in [-0.4, -0.2) is 12.2 Å². The van der Waals surface area contributed by atoms with Crippen LogP contribution in [0.25, 0.3) is 0 Å². The lowest BCUT2D eigenvalue weighted by Gasteiger charge is -2.21. The molecule has 0 fully saturated rings. The molecule has 0 bridgehead atoms. The van der Waals surface area contributed by atoms with E-state index in [4.69, 9.17) is 5.73 Å². The third kappa shape index (κ3) is 2.81. The Morgan fingerprint density at radius 3 is 2.38 bits per heavy atom. The van der Waals surface area contributed by atoms with Gasteiger partial charge in [0.1, 0.15) is 5.67 Å². The molecule has 0 aliphatic heterocycles. The Morgan fingerprint density at radius 2 is 1.92 bits per heavy atom. The molecule has 0 aromatic heterocycles. The van der Waals surface area contributed by atoms with Crippen LogP contribution in [0, 0.1) is 0 Å². The summed E-state index contributed by atoms with van der Waals surface area (Å²) >= 11 is 0. The Balaban J connectivity index is 2.68. The van der Waals surface area contributed by atoms with E-state index in [1.165, 1.54) is 0 Å². The van der Waals surface area contributed by atoms with Crippen molar-refractivity contribution in [2.45, 2.75) is 25.4 Å². The lowest BCUT2D eigenvalue weighted by Crippen LogP contribution is -2.34. The minimum Gasteiger partial charge on any atom is -0.328 e. The molecule has 72 valence electrons. The van der Waals surface area contributed by atoms with Crippen molar-refractivity contribution in [3.05, 3.63) is 35.9 Å². The van der Waals surface area contributed by atoms with Crippen LogP contribution in [-0.2, 0) is 6.42 Å². The molecule has 0 aliphatic carbocycles. The minimum atomic E-state index is -1.23. The predicted octanol–water partition coefficient (Wildman–Crippen LogP) is 2.31. The third-order valence-corrected chi connectivity index (χ3v) is 2.36. The molecule has 2 N–H and O–H groups in total. The molecule has 0 saturated carbocycles. The number of hydrogen-bond acceptors (Lipinski definition) is 1. The summed E-state index contributed by atoms with van der Waals surface area (Å²) in [5.41, 5.74) is 5.17. The summed E-state index contributed by atoms with van der Waals surface area (Å²) < 4.78 is 13.8. The van der Waals surface area contributed by atoms with Crippen LogP contribution in [0.15, 0.2) is 30.3 Å². The molecule has 0 saturated heterocycles. The Bertz CT molecular complexity index is 242. The van der Waals surface area contributed by atoms with E-state index in [1.807, 2.05) is 37.3 Å². The van der Waals surface area contributed by atoms with Crippen molar-refractivity contribution < 1.29 is 4.39 Å². The average molecular weight is 181 g/mol. The zero-order chi connectivity index (χ0) is 9.73. The van der Waals surface area contributed by atoms with Crippen LogP contribution < -0.4 is 5.73 Å². The summed E-state index contributed by atoms with van der Waals surface area (Å²) in [6, 6.07) is 9.63. The molecule has 1 aromatic carbocycles. The number of halogens is 1. The molecule has 1 unspecified atom stereocenters. The molecular formula is C11H16FN. The highest BCUT2D eigenvalue weighted by molar-refractivity contribution is 5.17. The molecule has 0 spiro atoms. The lowest BCUT2D eigenvalue weighted by molar-refractivity contribution is 0.167. The minimum absolute atomic E-state index is 0.0956. The summed E-state index contributed by atoms with van der Waals surface area (Å²) in [5, 5.41) is 0. The lowest BCUT2D eigenvalue weighted by atomic mass is 9.94. The molecule has 0 heterocycles. The van der Waals surface area contributed by atoms with Gasteiger partial charge >= 0.3 is 0 Å². The number of nitrogens with two attached hydrogens (primary N) is 1. The maximum absolute atomic E-state index is 13.8. The zero-order valence-electron chi connectivity index (χ0n) is 7.96. The van der Waals surface area contributed by atoms with Crippen molar-refractivity contribution in [3.63, 3.8) is 0 Å². The smallest absolute Gasteiger partial charge is 0.126 e. The van der Waals surface area contributed by atoms with E-state index >= 15 is 0 Å². The van der Waals surface area contributed by atoms with Crippen molar-refractivity contribution in [1.29, 1.82) is 0 Å². The van der Waals surface area contributed by atoms with Gasteiger partial charge in [-0.15, -0.1) is 0 Å². The van der Waals surface area contributed by atoms with Gasteiger partial charge in [-0.25, -0.2) is 4.39 Å². The third-order valence-electron chi connectivity index (χ3n) is 2.36. The molecule has 13 heavy (non-hydrogen) atoms. The Hall–Kier alpha value is -0.890. The van der Waals surface area contributed by atoms with E-state index < -0.39 is 5.67 Å². The monoisotopic (exact) mass is 181 g/mol. The first-order valence-electron chi connectivity index (χ1n) is 4.63. The van der Waals surface area contributed by atoms with E-state index in [9.17, 15) is 4.39 Å². The molecule has 1 aromatic rings. The van der Waals surface area contributed by atoms with Crippen LogP contribution in [0.4, 0.5) is 4.39 Å². The van der Waals surface area contributed by atoms with E-state index in [0.717, 1.165) is 5.56 Å². The van der Waals surface area contributed by atoms with Gasteiger partial charge in [0.2, 0.25) is 0 Å². The molecule has 0 amide bonds. The number of hydrogen-bond donors (Lipinski definition) is 1. The SMILES string of the molecule is CCC(F)(CN)Cc1ccccc1. The van der Waals surface area contributed by atoms with Gasteiger partial charge in [-0.2, -0.15) is 0 Å². The highest BCUT2D eigenvalue weighted by Gasteiger charge is 2.25. The highest BCUT2D eigenvalue weighted by Crippen LogP contribution is 2.20. The predicted molar refractivity (Wildman–Crippen MR) is 53.3 cm³/mol. The van der Waals surface area contributed by atoms with Crippen molar-refractivity contribution in [2.24, 2.45) is 5.73 Å². The molecule has 0 aliphatic rings. The Kier molecular flexibility index (Phi) is 3.43. The van der Waals surface area contributed by atoms with Gasteiger partial charge in [0.25, 0.3) is 0 Å². The van der Waals surface area contributed by atoms with Gasteiger partial charge in [-0.3, -0.25) is 0 Å². The highest BCUT2D eigenvalue weighted by atomic mass is 19.1. The van der Waals surface area contributed by atoms with Crippen LogP contribution in [0.3, 0.4) is 0 Å². The van der Waals surface area contributed by atoms with Crippen LogP contribution >= 0.6 is 0 Å². The zero-order valence-corrected chi connectivity index (χ0v) is 7.96. The molecule has 1 rings (SSSR count). The van der Waals surface area contributed by atoms with Gasteiger partial charge in [0, 0.05) is 13.0 Å². The number of rotatable bonds is 4. The molecule has 1 atom stereocenters. The number of alkyl halides is 1. The summed E-state index contributed by atoms with van der Waals surface area (Å²) in [5.74, 6) is 0. The van der Waals surface area contributed by atoms with Crippen LogP contribution in [0.2, 0.25) is 0 Å². The standard InChI is InChI=1S/C11H16FN/c1-2-11(12,9-13)8-10-6-4-3-5-7-10/h3-7H,2,8-9,13H2,1H3. The Labute approximate surface area is 78.8 Å². The molecule has 2 heteroatoms. The van der Waals surface area contributed by atoms with Gasteiger partial charge in [0.15, 0.2) is 0 Å².